The largest absolute Gasteiger partial charge is 0.393 e. The maximum absolute atomic E-state index is 10.9. The molecule has 0 radical (unpaired) electrons. The summed E-state index contributed by atoms with van der Waals surface area (Å²) in [6.07, 6.45) is 15.4. The number of rotatable bonds is 5. The van der Waals surface area contributed by atoms with Crippen LogP contribution in [0, 0.1) is 46.3 Å². The van der Waals surface area contributed by atoms with Crippen molar-refractivity contribution in [2.75, 3.05) is 0 Å². The molecule has 4 rings (SSSR count). The Morgan fingerprint density at radius 2 is 1.81 bits per heavy atom. The molecule has 0 unspecified atom stereocenters. The van der Waals surface area contributed by atoms with Gasteiger partial charge in [-0.05, 0) is 117 Å². The van der Waals surface area contributed by atoms with E-state index in [0.29, 0.717) is 11.3 Å². The highest BCUT2D eigenvalue weighted by molar-refractivity contribution is 5.22. The summed E-state index contributed by atoms with van der Waals surface area (Å²) in [6, 6.07) is 0. The van der Waals surface area contributed by atoms with E-state index in [1.807, 2.05) is 0 Å². The van der Waals surface area contributed by atoms with Crippen molar-refractivity contribution < 1.29 is 10.2 Å². The number of fused-ring (bicyclic) bond motifs is 5. The van der Waals surface area contributed by atoms with Gasteiger partial charge in [0, 0.05) is 0 Å². The highest BCUT2D eigenvalue weighted by atomic mass is 16.3. The summed E-state index contributed by atoms with van der Waals surface area (Å²) in [5.74, 6) is 4.93. The Hall–Kier alpha value is -0.340. The maximum atomic E-state index is 10.9. The van der Waals surface area contributed by atoms with Crippen LogP contribution >= 0.6 is 0 Å². The third-order valence-electron chi connectivity index (χ3n) is 10.9. The number of hydrogen-bond donors (Lipinski definition) is 2. The van der Waals surface area contributed by atoms with Gasteiger partial charge in [0.15, 0.2) is 0 Å². The molecule has 31 heavy (non-hydrogen) atoms. The lowest BCUT2D eigenvalue weighted by atomic mass is 9.50. The average Bonchev–Trinajstić information content (AvgIpc) is 3.08. The molecule has 4 aliphatic rings. The van der Waals surface area contributed by atoms with Gasteiger partial charge in [-0.15, -0.1) is 0 Å². The fraction of sp³-hybridized carbons (Fsp3) is 0.931. The van der Waals surface area contributed by atoms with Gasteiger partial charge in [-0.3, -0.25) is 0 Å². The molecule has 0 bridgehead atoms. The van der Waals surface area contributed by atoms with Crippen molar-refractivity contribution in [3.63, 3.8) is 0 Å². The minimum absolute atomic E-state index is 0.00401. The lowest BCUT2D eigenvalue weighted by molar-refractivity contribution is -0.0471. The van der Waals surface area contributed by atoms with Crippen molar-refractivity contribution >= 4 is 0 Å². The molecule has 0 aromatic heterocycles. The molecule has 0 spiro atoms. The number of allylic oxidation sites excluding steroid dienone is 1. The first-order valence-electron chi connectivity index (χ1n) is 13.6. The summed E-state index contributed by atoms with van der Waals surface area (Å²) < 4.78 is 0. The third kappa shape index (κ3) is 4.30. The molecule has 2 heteroatoms. The van der Waals surface area contributed by atoms with Crippen LogP contribution in [0.3, 0.4) is 0 Å². The van der Waals surface area contributed by atoms with Crippen LogP contribution in [-0.4, -0.2) is 21.9 Å². The molecule has 4 aliphatic carbocycles. The molecule has 3 fully saturated rings. The molecular weight excluding hydrogens is 380 g/mol. The molecule has 0 saturated heterocycles. The zero-order valence-electron chi connectivity index (χ0n) is 21.3. The molecule has 0 aliphatic heterocycles. The van der Waals surface area contributed by atoms with Crippen molar-refractivity contribution in [3.8, 4) is 0 Å². The van der Waals surface area contributed by atoms with Crippen LogP contribution in [0.1, 0.15) is 112 Å². The second-order valence-corrected chi connectivity index (χ2v) is 13.5. The van der Waals surface area contributed by atoms with E-state index in [9.17, 15) is 10.2 Å². The van der Waals surface area contributed by atoms with Gasteiger partial charge in [0.2, 0.25) is 0 Å². The number of aliphatic hydroxyl groups excluding tert-OH is 1. The van der Waals surface area contributed by atoms with Crippen molar-refractivity contribution in [2.45, 2.75) is 124 Å². The van der Waals surface area contributed by atoms with E-state index in [2.05, 4.69) is 47.6 Å². The van der Waals surface area contributed by atoms with Gasteiger partial charge >= 0.3 is 0 Å². The van der Waals surface area contributed by atoms with Crippen LogP contribution in [-0.2, 0) is 0 Å². The Morgan fingerprint density at radius 3 is 2.48 bits per heavy atom. The van der Waals surface area contributed by atoms with Gasteiger partial charge in [0.25, 0.3) is 0 Å². The lowest BCUT2D eigenvalue weighted by Crippen LogP contribution is -2.48. The molecule has 0 aromatic rings. The first-order valence-corrected chi connectivity index (χ1v) is 13.6. The normalized spacial score (nSPS) is 44.6. The quantitative estimate of drug-likeness (QED) is 0.455. The van der Waals surface area contributed by atoms with Gasteiger partial charge in [0.1, 0.15) is 0 Å². The fourth-order valence-electron chi connectivity index (χ4n) is 8.70. The van der Waals surface area contributed by atoms with Crippen LogP contribution in [0.2, 0.25) is 0 Å². The summed E-state index contributed by atoms with van der Waals surface area (Å²) >= 11 is 0. The van der Waals surface area contributed by atoms with Gasteiger partial charge in [-0.2, -0.15) is 0 Å². The topological polar surface area (TPSA) is 40.5 Å². The number of hydrogen-bond acceptors (Lipinski definition) is 2. The molecule has 9 atom stereocenters. The zero-order valence-corrected chi connectivity index (χ0v) is 21.3. The Kier molecular flexibility index (Phi) is 6.50. The van der Waals surface area contributed by atoms with E-state index in [1.54, 1.807) is 5.57 Å². The second-order valence-electron chi connectivity index (χ2n) is 13.5. The van der Waals surface area contributed by atoms with E-state index in [0.717, 1.165) is 55.3 Å². The van der Waals surface area contributed by atoms with Crippen LogP contribution in [0.25, 0.3) is 0 Å². The van der Waals surface area contributed by atoms with Crippen LogP contribution < -0.4 is 0 Å². The predicted octanol–water partition coefficient (Wildman–Crippen LogP) is 7.14. The summed E-state index contributed by atoms with van der Waals surface area (Å²) in [6.45, 7) is 13.7. The minimum Gasteiger partial charge on any atom is -0.393 e. The Morgan fingerprint density at radius 1 is 1.06 bits per heavy atom. The SMILES string of the molecule is CC[C@]1(O)CC[C@H]2C(=CC[C@@H]3[C@@H]2CC[C@]2(C)[C@@H]([C@H](C)CC[C@H](O)C(C)(C)C)CC[C@@H]32)C1. The lowest BCUT2D eigenvalue weighted by Gasteiger charge is -2.55. The smallest absolute Gasteiger partial charge is 0.0682 e. The van der Waals surface area contributed by atoms with Crippen molar-refractivity contribution in [1.29, 1.82) is 0 Å². The summed E-state index contributed by atoms with van der Waals surface area (Å²) in [4.78, 5) is 0. The minimum atomic E-state index is -0.427. The van der Waals surface area contributed by atoms with Crippen molar-refractivity contribution in [3.05, 3.63) is 11.6 Å². The third-order valence-corrected chi connectivity index (χ3v) is 10.9. The fourth-order valence-corrected chi connectivity index (χ4v) is 8.70. The Labute approximate surface area is 192 Å². The molecule has 0 aromatic carbocycles. The maximum Gasteiger partial charge on any atom is 0.0682 e. The van der Waals surface area contributed by atoms with Gasteiger partial charge in [-0.25, -0.2) is 0 Å². The van der Waals surface area contributed by atoms with Gasteiger partial charge < -0.3 is 10.2 Å². The van der Waals surface area contributed by atoms with E-state index >= 15 is 0 Å². The van der Waals surface area contributed by atoms with Crippen molar-refractivity contribution in [1.82, 2.24) is 0 Å². The van der Waals surface area contributed by atoms with E-state index in [4.69, 9.17) is 0 Å². The second kappa shape index (κ2) is 8.46. The summed E-state index contributed by atoms with van der Waals surface area (Å²) in [7, 11) is 0. The van der Waals surface area contributed by atoms with E-state index < -0.39 is 5.60 Å². The monoisotopic (exact) mass is 430 g/mol. The van der Waals surface area contributed by atoms with Crippen LogP contribution in [0.15, 0.2) is 11.6 Å². The summed E-state index contributed by atoms with van der Waals surface area (Å²) in [5, 5.41) is 21.5. The predicted molar refractivity (Wildman–Crippen MR) is 130 cm³/mol. The van der Waals surface area contributed by atoms with Crippen molar-refractivity contribution in [2.24, 2.45) is 46.3 Å². The standard InChI is InChI=1S/C29H50O2/c1-7-29(31)17-15-21-20(18-29)9-10-23-22(21)14-16-28(6)24(11-12-25(23)28)19(2)8-13-26(30)27(3,4)5/h9,19,21-26,30-31H,7-8,10-18H2,1-6H3/t19-,21+,22-,23-,24-,25+,26+,28-,29+/m1/s1. The van der Waals surface area contributed by atoms with Gasteiger partial charge in [0.05, 0.1) is 11.7 Å². The van der Waals surface area contributed by atoms with Crippen LogP contribution in [0.5, 0.6) is 0 Å². The number of aliphatic hydroxyl groups is 2. The highest BCUT2D eigenvalue weighted by Gasteiger charge is 2.57. The Balaban J connectivity index is 1.44. The molecule has 0 amide bonds. The highest BCUT2D eigenvalue weighted by Crippen LogP contribution is 2.65. The van der Waals surface area contributed by atoms with Gasteiger partial charge in [-0.1, -0.05) is 53.2 Å². The molecule has 3 saturated carbocycles. The first kappa shape index (κ1) is 23.8. The van der Waals surface area contributed by atoms with Crippen LogP contribution in [0.4, 0.5) is 0 Å². The first-order chi connectivity index (χ1) is 14.5. The Bertz CT molecular complexity index is 675. The summed E-state index contributed by atoms with van der Waals surface area (Å²) in [5.41, 5.74) is 1.68. The molecule has 2 nitrogen and oxygen atoms in total. The molecule has 178 valence electrons. The zero-order chi connectivity index (χ0) is 22.6. The average molecular weight is 431 g/mol. The van der Waals surface area contributed by atoms with E-state index in [-0.39, 0.29) is 11.5 Å². The van der Waals surface area contributed by atoms with E-state index in [1.165, 1.54) is 44.9 Å². The molecule has 0 heterocycles. The molecule has 2 N–H and O–H groups in total. The molecular formula is C29H50O2.